The van der Waals surface area contributed by atoms with Crippen LogP contribution >= 0.6 is 0 Å². The van der Waals surface area contributed by atoms with Crippen LogP contribution in [0.1, 0.15) is 16.8 Å². The van der Waals surface area contributed by atoms with Gasteiger partial charge >= 0.3 is 0 Å². The minimum absolute atomic E-state index is 0.246. The smallest absolute Gasteiger partial charge is 0.257 e. The molecular formula is C23H25N9O. The molecule has 33 heavy (non-hydrogen) atoms. The third-order valence-electron chi connectivity index (χ3n) is 5.84. The van der Waals surface area contributed by atoms with Crippen LogP contribution in [0.25, 0.3) is 22.2 Å². The lowest BCUT2D eigenvalue weighted by atomic mass is 10.1. The summed E-state index contributed by atoms with van der Waals surface area (Å²) in [4.78, 5) is 21.5. The van der Waals surface area contributed by atoms with E-state index >= 15 is 0 Å². The fourth-order valence-corrected chi connectivity index (χ4v) is 4.09. The van der Waals surface area contributed by atoms with Gasteiger partial charge in [-0.05, 0) is 44.3 Å². The van der Waals surface area contributed by atoms with Gasteiger partial charge in [0.2, 0.25) is 0 Å². The van der Waals surface area contributed by atoms with Gasteiger partial charge in [-0.25, -0.2) is 0 Å². The number of likely N-dealkylation sites (N-methyl/N-ethyl adjacent to an activating group) is 1. The van der Waals surface area contributed by atoms with Crippen LogP contribution in [-0.2, 0) is 7.05 Å². The van der Waals surface area contributed by atoms with Crippen LogP contribution in [0.15, 0.2) is 48.9 Å². The summed E-state index contributed by atoms with van der Waals surface area (Å²) in [5, 5.41) is 21.0. The Morgan fingerprint density at radius 3 is 2.61 bits per heavy atom. The summed E-state index contributed by atoms with van der Waals surface area (Å²) in [6, 6.07) is 9.32. The number of anilines is 2. The fourth-order valence-electron chi connectivity index (χ4n) is 4.09. The van der Waals surface area contributed by atoms with Crippen molar-refractivity contribution < 1.29 is 4.79 Å². The number of pyridine rings is 1. The maximum absolute atomic E-state index is 12.9. The number of amides is 1. The number of carbonyl (C=O) groups excluding carboxylic acids is 1. The number of hydrogen-bond acceptors (Lipinski definition) is 8. The molecule has 0 saturated carbocycles. The number of fused-ring (bicyclic) bond motifs is 1. The molecule has 1 N–H and O–H groups in total. The molecule has 0 atom stereocenters. The molecule has 0 spiro atoms. The topological polar surface area (TPSA) is 105 Å². The number of aryl methyl sites for hydroxylation is 1. The third kappa shape index (κ3) is 4.37. The Kier molecular flexibility index (Phi) is 5.66. The molecule has 1 aliphatic heterocycles. The summed E-state index contributed by atoms with van der Waals surface area (Å²) >= 11 is 0. The first-order valence-corrected chi connectivity index (χ1v) is 10.9. The molecule has 1 amide bonds. The van der Waals surface area contributed by atoms with Crippen LogP contribution in [0.4, 0.5) is 11.5 Å². The standard InChI is InChI=1S/C23H25N9O/c1-30-10-3-11-32(13-12-30)21-18-14-17(20-15-31(2)29-27-20)4-5-19(18)26-28-22(21)25-23(33)16-6-8-24-9-7-16/h4-9,14-15H,3,10-13H2,1-2H3,(H,25,28,33). The predicted octanol–water partition coefficient (Wildman–Crippen LogP) is 2.21. The Hall–Kier alpha value is -3.92. The van der Waals surface area contributed by atoms with E-state index < -0.39 is 0 Å². The van der Waals surface area contributed by atoms with E-state index in [0.29, 0.717) is 11.4 Å². The van der Waals surface area contributed by atoms with Gasteiger partial charge in [0.15, 0.2) is 5.82 Å². The Labute approximate surface area is 191 Å². The van der Waals surface area contributed by atoms with Gasteiger partial charge in [0.25, 0.3) is 5.91 Å². The van der Waals surface area contributed by atoms with E-state index in [2.05, 4.69) is 53.7 Å². The maximum Gasteiger partial charge on any atom is 0.257 e. The van der Waals surface area contributed by atoms with Crippen molar-refractivity contribution in [2.24, 2.45) is 7.05 Å². The van der Waals surface area contributed by atoms with Crippen LogP contribution in [0.3, 0.4) is 0 Å². The molecule has 1 fully saturated rings. The van der Waals surface area contributed by atoms with E-state index in [4.69, 9.17) is 0 Å². The van der Waals surface area contributed by atoms with E-state index in [1.807, 2.05) is 25.4 Å². The monoisotopic (exact) mass is 443 g/mol. The minimum atomic E-state index is -0.246. The molecule has 1 saturated heterocycles. The molecule has 0 bridgehead atoms. The maximum atomic E-state index is 12.9. The highest BCUT2D eigenvalue weighted by atomic mass is 16.1. The molecule has 0 unspecified atom stereocenters. The van der Waals surface area contributed by atoms with Crippen molar-refractivity contribution in [3.63, 3.8) is 0 Å². The third-order valence-corrected chi connectivity index (χ3v) is 5.84. The second-order valence-electron chi connectivity index (χ2n) is 8.24. The Morgan fingerprint density at radius 1 is 0.970 bits per heavy atom. The molecule has 168 valence electrons. The molecule has 0 radical (unpaired) electrons. The van der Waals surface area contributed by atoms with Gasteiger partial charge in [0, 0.05) is 55.6 Å². The van der Waals surface area contributed by atoms with Gasteiger partial charge in [-0.2, -0.15) is 0 Å². The molecule has 1 aromatic carbocycles. The quantitative estimate of drug-likeness (QED) is 0.512. The van der Waals surface area contributed by atoms with Gasteiger partial charge in [-0.3, -0.25) is 14.5 Å². The molecule has 5 rings (SSSR count). The molecule has 4 heterocycles. The van der Waals surface area contributed by atoms with Crippen molar-refractivity contribution in [2.45, 2.75) is 6.42 Å². The van der Waals surface area contributed by atoms with Crippen molar-refractivity contribution in [2.75, 3.05) is 43.4 Å². The largest absolute Gasteiger partial charge is 0.367 e. The van der Waals surface area contributed by atoms with E-state index in [9.17, 15) is 4.79 Å². The highest BCUT2D eigenvalue weighted by Gasteiger charge is 2.22. The minimum Gasteiger partial charge on any atom is -0.367 e. The van der Waals surface area contributed by atoms with Gasteiger partial charge in [-0.15, -0.1) is 15.3 Å². The van der Waals surface area contributed by atoms with Crippen LogP contribution < -0.4 is 10.2 Å². The molecule has 4 aromatic rings. The zero-order valence-electron chi connectivity index (χ0n) is 18.6. The number of benzene rings is 1. The molecule has 0 aliphatic carbocycles. The van der Waals surface area contributed by atoms with Crippen molar-refractivity contribution in [1.29, 1.82) is 0 Å². The Balaban J connectivity index is 1.62. The number of nitrogens with one attached hydrogen (secondary N) is 1. The summed E-state index contributed by atoms with van der Waals surface area (Å²) in [5.41, 5.74) is 3.87. The average Bonchev–Trinajstić information content (AvgIpc) is 3.16. The molecule has 10 heteroatoms. The van der Waals surface area contributed by atoms with Crippen LogP contribution in [0.5, 0.6) is 0 Å². The number of nitrogens with zero attached hydrogens (tertiary/aromatic N) is 8. The summed E-state index contributed by atoms with van der Waals surface area (Å²) in [5.74, 6) is 0.203. The van der Waals surface area contributed by atoms with Crippen molar-refractivity contribution in [3.8, 4) is 11.3 Å². The first-order chi connectivity index (χ1) is 16.1. The second kappa shape index (κ2) is 8.91. The van der Waals surface area contributed by atoms with Gasteiger partial charge < -0.3 is 15.1 Å². The number of rotatable bonds is 4. The lowest BCUT2D eigenvalue weighted by molar-refractivity contribution is 0.102. The first-order valence-electron chi connectivity index (χ1n) is 10.9. The SMILES string of the molecule is CN1CCCN(c2c(NC(=O)c3ccncc3)nnc3ccc(-c4cn(C)nn4)cc23)CC1. The van der Waals surface area contributed by atoms with E-state index in [-0.39, 0.29) is 5.91 Å². The highest BCUT2D eigenvalue weighted by molar-refractivity contribution is 6.08. The van der Waals surface area contributed by atoms with Crippen LogP contribution in [0.2, 0.25) is 0 Å². The summed E-state index contributed by atoms with van der Waals surface area (Å²) in [7, 11) is 3.97. The van der Waals surface area contributed by atoms with Crippen LogP contribution in [0, 0.1) is 0 Å². The zero-order chi connectivity index (χ0) is 22.8. The summed E-state index contributed by atoms with van der Waals surface area (Å²) in [6.07, 6.45) is 6.09. The van der Waals surface area contributed by atoms with Crippen molar-refractivity contribution in [1.82, 2.24) is 35.1 Å². The molecule has 1 aliphatic rings. The van der Waals surface area contributed by atoms with Crippen molar-refractivity contribution in [3.05, 3.63) is 54.5 Å². The lowest BCUT2D eigenvalue weighted by Gasteiger charge is -2.26. The van der Waals surface area contributed by atoms with Crippen LogP contribution in [-0.4, -0.2) is 74.2 Å². The second-order valence-corrected chi connectivity index (χ2v) is 8.24. The molecule has 10 nitrogen and oxygen atoms in total. The van der Waals surface area contributed by atoms with Gasteiger partial charge in [0.05, 0.1) is 17.4 Å². The number of carbonyl (C=O) groups is 1. The zero-order valence-corrected chi connectivity index (χ0v) is 18.6. The number of aromatic nitrogens is 6. The Bertz CT molecular complexity index is 1290. The van der Waals surface area contributed by atoms with Gasteiger partial charge in [-0.1, -0.05) is 11.3 Å². The van der Waals surface area contributed by atoms with E-state index in [1.54, 1.807) is 29.2 Å². The summed E-state index contributed by atoms with van der Waals surface area (Å²) < 4.78 is 1.68. The average molecular weight is 444 g/mol. The first kappa shape index (κ1) is 21.0. The Morgan fingerprint density at radius 2 is 1.82 bits per heavy atom. The predicted molar refractivity (Wildman–Crippen MR) is 126 cm³/mol. The summed E-state index contributed by atoms with van der Waals surface area (Å²) in [6.45, 7) is 3.63. The van der Waals surface area contributed by atoms with Crippen molar-refractivity contribution >= 4 is 28.3 Å². The molecule has 3 aromatic heterocycles. The highest BCUT2D eigenvalue weighted by Crippen LogP contribution is 2.35. The lowest BCUT2D eigenvalue weighted by Crippen LogP contribution is -2.30. The fraction of sp³-hybridized carbons (Fsp3) is 0.304. The van der Waals surface area contributed by atoms with Gasteiger partial charge in [0.1, 0.15) is 5.69 Å². The van der Waals surface area contributed by atoms with E-state index in [1.165, 1.54) is 0 Å². The number of hydrogen-bond donors (Lipinski definition) is 1. The molecular weight excluding hydrogens is 418 g/mol. The normalized spacial score (nSPS) is 14.9. The van der Waals surface area contributed by atoms with E-state index in [0.717, 1.165) is 60.4 Å².